The number of anilines is 1. The minimum atomic E-state index is -5.92. The molecule has 2 amide bonds. The Morgan fingerprint density at radius 1 is 1.05 bits per heavy atom. The normalized spacial score (nSPS) is 21.9. The molecular weight excluding hydrogens is 859 g/mol. The molecule has 0 spiro atoms. The summed E-state index contributed by atoms with van der Waals surface area (Å²) in [4.78, 5) is 96.1. The molecule has 1 aliphatic rings. The lowest BCUT2D eigenvalue weighted by molar-refractivity contribution is -0.347. The maximum Gasteiger partial charge on any atom is 0.274 e. The van der Waals surface area contributed by atoms with E-state index in [1.54, 1.807) is 0 Å². The van der Waals surface area contributed by atoms with E-state index in [2.05, 4.69) is 43.5 Å². The molecule has 0 aliphatic carbocycles. The summed E-state index contributed by atoms with van der Waals surface area (Å²) in [5, 5.41) is 35.9. The smallest absolute Gasteiger partial charge is 0.274 e. The number of phosphoric ester groups is 3. The summed E-state index contributed by atoms with van der Waals surface area (Å²) in [5.41, 5.74) is 4.05. The van der Waals surface area contributed by atoms with Crippen molar-refractivity contribution in [3.05, 3.63) is 12.7 Å². The van der Waals surface area contributed by atoms with E-state index < -0.39 is 90.7 Å². The lowest BCUT2D eigenvalue weighted by Crippen LogP contribution is -2.46. The Bertz CT molecular complexity index is 1850. The van der Waals surface area contributed by atoms with Crippen molar-refractivity contribution in [1.29, 1.82) is 0 Å². The van der Waals surface area contributed by atoms with Gasteiger partial charge in [0.15, 0.2) is 22.8 Å². The van der Waals surface area contributed by atoms with Crippen molar-refractivity contribution in [3.63, 3.8) is 0 Å². The van der Waals surface area contributed by atoms with Gasteiger partial charge in [-0.1, -0.05) is 51.8 Å². The van der Waals surface area contributed by atoms with Crippen LogP contribution in [0.2, 0.25) is 0 Å². The van der Waals surface area contributed by atoms with Crippen LogP contribution in [0, 0.1) is 5.41 Å². The molecule has 0 radical (unpaired) electrons. The lowest BCUT2D eigenvalue weighted by atomic mass is 9.87. The summed E-state index contributed by atoms with van der Waals surface area (Å²) < 4.78 is 60.5. The Labute approximate surface area is 336 Å². The van der Waals surface area contributed by atoms with Crippen molar-refractivity contribution in [3.8, 4) is 0 Å². The number of carbonyl (C=O) groups is 3. The molecular formula is C29H46N7O18P3S-4. The Kier molecular flexibility index (Phi) is 18.8. The summed E-state index contributed by atoms with van der Waals surface area (Å²) in [6, 6.07) is 0. The van der Waals surface area contributed by atoms with Crippen LogP contribution in [0.25, 0.3) is 11.2 Å². The second kappa shape index (κ2) is 21.9. The van der Waals surface area contributed by atoms with Gasteiger partial charge in [0.25, 0.3) is 15.6 Å². The van der Waals surface area contributed by atoms with Crippen molar-refractivity contribution in [2.45, 2.75) is 96.0 Å². The van der Waals surface area contributed by atoms with Crippen LogP contribution in [-0.2, 0) is 50.7 Å². The fraction of sp³-hybridized carbons (Fsp3) is 0.724. The van der Waals surface area contributed by atoms with Crippen molar-refractivity contribution < 1.29 is 85.6 Å². The number of aliphatic hydroxyl groups is 3. The molecule has 330 valence electrons. The van der Waals surface area contributed by atoms with Crippen LogP contribution >= 0.6 is 35.2 Å². The summed E-state index contributed by atoms with van der Waals surface area (Å²) in [6.45, 7) is 2.01. The summed E-state index contributed by atoms with van der Waals surface area (Å²) in [7, 11) is -17.6. The van der Waals surface area contributed by atoms with Gasteiger partial charge in [-0.05, 0) is 6.42 Å². The van der Waals surface area contributed by atoms with Gasteiger partial charge < -0.3 is 74.1 Å². The predicted octanol–water partition coefficient (Wildman–Crippen LogP) is -2.53. The molecule has 3 rings (SSSR count). The minimum absolute atomic E-state index is 0.00864. The summed E-state index contributed by atoms with van der Waals surface area (Å²) in [6.07, 6.45) is -5.05. The van der Waals surface area contributed by atoms with E-state index in [1.165, 1.54) is 13.8 Å². The molecule has 1 saturated heterocycles. The fourth-order valence-corrected chi connectivity index (χ4v) is 8.73. The summed E-state index contributed by atoms with van der Waals surface area (Å²) in [5.74, 6) is -1.34. The van der Waals surface area contributed by atoms with E-state index in [1.807, 2.05) is 6.92 Å². The highest BCUT2D eigenvalue weighted by molar-refractivity contribution is 8.13. The monoisotopic (exact) mass is 905 g/mol. The number of aliphatic hydroxyl groups excluding tert-OH is 3. The third-order valence-electron chi connectivity index (χ3n) is 8.28. The number of hydrogen-bond donors (Lipinski definition) is 6. The molecule has 0 bridgehead atoms. The number of aromatic nitrogens is 4. The standard InChI is InChI=1S/C29H50N7O18P3S/c1-4-5-6-7-17(37)12-20(39)58-11-10-31-19(38)8-9-32-27(42)24(41)29(2,3)14-51-57(48,49)54-56(46,47)50-13-18-23(53-55(43,44)45)22(40)28(52-18)36-16-35-21-25(30)33-15-34-26(21)36/h15-18,22-24,28,37,40-41H,4-14H2,1-3H3,(H,31,38)(H,32,42)(H,46,47)(H,48,49)(H2,30,33,34)(H2,43,44,45)/p-4/t17?,18-,22-,23-,24+,28-/m1/s1. The molecule has 0 saturated carbocycles. The maximum atomic E-state index is 12.5. The Balaban J connectivity index is 1.45. The van der Waals surface area contributed by atoms with Gasteiger partial charge in [0.1, 0.15) is 36.3 Å². The molecule has 7 N–H and O–H groups in total. The molecule has 58 heavy (non-hydrogen) atoms. The van der Waals surface area contributed by atoms with Gasteiger partial charge in [0.05, 0.1) is 33.5 Å². The third kappa shape index (κ3) is 15.8. The number of imidazole rings is 1. The molecule has 1 fully saturated rings. The minimum Gasteiger partial charge on any atom is -0.790 e. The van der Waals surface area contributed by atoms with Gasteiger partial charge in [0, 0.05) is 37.1 Å². The highest BCUT2D eigenvalue weighted by Gasteiger charge is 2.47. The first-order valence-electron chi connectivity index (χ1n) is 17.6. The number of ether oxygens (including phenoxy) is 1. The summed E-state index contributed by atoms with van der Waals surface area (Å²) >= 11 is 0.966. The number of thioether (sulfide) groups is 1. The van der Waals surface area contributed by atoms with Gasteiger partial charge in [-0.15, -0.1) is 0 Å². The first-order valence-corrected chi connectivity index (χ1v) is 23.0. The Hall–Kier alpha value is -2.48. The SMILES string of the molecule is CCCCCC(O)CC(=O)SCCNC(=O)CCNC(=O)[C@H](O)C(C)(C)COP(=O)([O-])OP(=O)([O-])OC[C@H]1O[C@@H](n2cnc3c(N)ncnc32)[C@H](O)[C@@H]1OP(=O)([O-])[O-]. The van der Waals surface area contributed by atoms with Gasteiger partial charge >= 0.3 is 0 Å². The molecule has 3 unspecified atom stereocenters. The van der Waals surface area contributed by atoms with Gasteiger partial charge in [-0.3, -0.25) is 28.1 Å². The topological polar surface area (TPSA) is 395 Å². The number of amides is 2. The van der Waals surface area contributed by atoms with Crippen LogP contribution in [0.3, 0.4) is 0 Å². The van der Waals surface area contributed by atoms with Crippen LogP contribution < -0.4 is 35.9 Å². The van der Waals surface area contributed by atoms with Crippen molar-refractivity contribution in [2.24, 2.45) is 5.41 Å². The molecule has 0 aromatic carbocycles. The third-order valence-corrected chi connectivity index (χ3v) is 12.2. The van der Waals surface area contributed by atoms with Gasteiger partial charge in [0.2, 0.25) is 11.8 Å². The van der Waals surface area contributed by atoms with Crippen molar-refractivity contribution >= 4 is 69.1 Å². The maximum absolute atomic E-state index is 12.5. The quantitative estimate of drug-likeness (QED) is 0.0442. The molecule has 25 nitrogen and oxygen atoms in total. The number of rotatable bonds is 25. The fourth-order valence-electron chi connectivity index (χ4n) is 5.26. The lowest BCUT2D eigenvalue weighted by Gasteiger charge is -2.36. The van der Waals surface area contributed by atoms with E-state index >= 15 is 0 Å². The first-order chi connectivity index (χ1) is 26.9. The Morgan fingerprint density at radius 3 is 2.41 bits per heavy atom. The highest BCUT2D eigenvalue weighted by atomic mass is 32.2. The van der Waals surface area contributed by atoms with E-state index in [-0.39, 0.29) is 53.8 Å². The highest BCUT2D eigenvalue weighted by Crippen LogP contribution is 2.56. The van der Waals surface area contributed by atoms with Crippen molar-refractivity contribution in [2.75, 3.05) is 37.8 Å². The second-order valence-electron chi connectivity index (χ2n) is 13.6. The van der Waals surface area contributed by atoms with Crippen LogP contribution in [0.15, 0.2) is 12.7 Å². The molecule has 3 heterocycles. The zero-order valence-electron chi connectivity index (χ0n) is 31.5. The van der Waals surface area contributed by atoms with E-state index in [9.17, 15) is 63.0 Å². The van der Waals surface area contributed by atoms with Crippen LogP contribution in [0.1, 0.15) is 65.5 Å². The first kappa shape index (κ1) is 49.9. The second-order valence-corrected chi connectivity index (χ2v) is 18.8. The number of hydrogen-bond acceptors (Lipinski definition) is 23. The largest absolute Gasteiger partial charge is 0.790 e. The van der Waals surface area contributed by atoms with E-state index in [0.29, 0.717) is 6.42 Å². The number of phosphoric acid groups is 3. The Morgan fingerprint density at radius 2 is 1.74 bits per heavy atom. The number of nitrogens with zero attached hydrogens (tertiary/aromatic N) is 4. The van der Waals surface area contributed by atoms with Gasteiger partial charge in [-0.25, -0.2) is 19.3 Å². The number of nitrogens with two attached hydrogens (primary N) is 1. The number of fused-ring (bicyclic) bond motifs is 1. The molecule has 29 heteroatoms. The predicted molar refractivity (Wildman–Crippen MR) is 193 cm³/mol. The number of unbranched alkanes of at least 4 members (excludes halogenated alkanes) is 2. The van der Waals surface area contributed by atoms with Crippen LogP contribution in [0.4, 0.5) is 5.82 Å². The zero-order valence-corrected chi connectivity index (χ0v) is 35.0. The molecule has 2 aromatic rings. The molecule has 8 atom stereocenters. The zero-order chi connectivity index (χ0) is 43.5. The van der Waals surface area contributed by atoms with Crippen molar-refractivity contribution in [1.82, 2.24) is 30.2 Å². The number of carbonyl (C=O) groups excluding carboxylic acids is 3. The van der Waals surface area contributed by atoms with E-state index in [0.717, 1.165) is 48.2 Å². The molecule has 1 aliphatic heterocycles. The molecule has 2 aromatic heterocycles. The number of nitrogen functional groups attached to an aromatic ring is 1. The van der Waals surface area contributed by atoms with Crippen LogP contribution in [-0.4, -0.2) is 114 Å². The average Bonchev–Trinajstić information content (AvgIpc) is 3.68. The van der Waals surface area contributed by atoms with Gasteiger partial charge in [-0.2, -0.15) is 0 Å². The van der Waals surface area contributed by atoms with E-state index in [4.69, 9.17) is 10.5 Å². The van der Waals surface area contributed by atoms with Crippen LogP contribution in [0.5, 0.6) is 0 Å². The number of nitrogens with one attached hydrogen (secondary N) is 2. The average molecular weight is 906 g/mol.